The van der Waals surface area contributed by atoms with Crippen LogP contribution < -0.4 is 15.4 Å². The molecule has 9 heteroatoms. The fourth-order valence-corrected chi connectivity index (χ4v) is 4.01. The Balaban J connectivity index is 1.66. The number of rotatable bonds is 9. The molecule has 0 bridgehead atoms. The van der Waals surface area contributed by atoms with Crippen LogP contribution in [-0.2, 0) is 11.8 Å². The van der Waals surface area contributed by atoms with E-state index in [4.69, 9.17) is 4.74 Å². The Morgan fingerprint density at radius 2 is 1.88 bits per heavy atom. The highest BCUT2D eigenvalue weighted by Gasteiger charge is 2.25. The molecule has 0 saturated carbocycles. The summed E-state index contributed by atoms with van der Waals surface area (Å²) in [5.41, 5.74) is 2.29. The van der Waals surface area contributed by atoms with Crippen molar-refractivity contribution in [3.63, 3.8) is 0 Å². The van der Waals surface area contributed by atoms with Crippen molar-refractivity contribution in [2.45, 2.75) is 32.0 Å². The first-order valence-corrected chi connectivity index (χ1v) is 11.6. The van der Waals surface area contributed by atoms with E-state index in [1.807, 2.05) is 62.7 Å². The number of aromatic nitrogens is 3. The van der Waals surface area contributed by atoms with E-state index in [1.54, 1.807) is 25.3 Å². The molecule has 0 aliphatic rings. The molecular formula is C24H29N5O3S. The average molecular weight is 468 g/mol. The molecule has 0 fully saturated rings. The molecule has 3 aromatic rings. The SMILES string of the molecule is COc1cccc(NC(=O)CSc2nnc([C@H](NC(=O)c3cccc(C)c3)C(C)C)n2C)c1. The summed E-state index contributed by atoms with van der Waals surface area (Å²) in [4.78, 5) is 25.2. The summed E-state index contributed by atoms with van der Waals surface area (Å²) in [5.74, 6) is 1.26. The molecule has 2 N–H and O–H groups in total. The number of carbonyl (C=O) groups excluding carboxylic acids is 2. The van der Waals surface area contributed by atoms with Gasteiger partial charge in [-0.25, -0.2) is 0 Å². The van der Waals surface area contributed by atoms with Gasteiger partial charge in [0.2, 0.25) is 5.91 Å². The highest BCUT2D eigenvalue weighted by atomic mass is 32.2. The largest absolute Gasteiger partial charge is 0.497 e. The summed E-state index contributed by atoms with van der Waals surface area (Å²) >= 11 is 1.28. The van der Waals surface area contributed by atoms with Gasteiger partial charge in [0.15, 0.2) is 11.0 Å². The third-order valence-electron chi connectivity index (χ3n) is 5.07. The fraction of sp³-hybridized carbons (Fsp3) is 0.333. The maximum atomic E-state index is 12.8. The average Bonchev–Trinajstić information content (AvgIpc) is 3.15. The van der Waals surface area contributed by atoms with E-state index in [0.717, 1.165) is 5.56 Å². The van der Waals surface area contributed by atoms with Crippen molar-refractivity contribution >= 4 is 29.3 Å². The summed E-state index contributed by atoms with van der Waals surface area (Å²) in [6, 6.07) is 14.3. The van der Waals surface area contributed by atoms with E-state index >= 15 is 0 Å². The van der Waals surface area contributed by atoms with Gasteiger partial charge in [-0.15, -0.1) is 10.2 Å². The lowest BCUT2D eigenvalue weighted by molar-refractivity contribution is -0.113. The van der Waals surface area contributed by atoms with Gasteiger partial charge in [0.25, 0.3) is 5.91 Å². The van der Waals surface area contributed by atoms with E-state index < -0.39 is 0 Å². The predicted octanol–water partition coefficient (Wildman–Crippen LogP) is 3.99. The Kier molecular flexibility index (Phi) is 8.11. The van der Waals surface area contributed by atoms with E-state index in [2.05, 4.69) is 20.8 Å². The summed E-state index contributed by atoms with van der Waals surface area (Å²) < 4.78 is 7.00. The van der Waals surface area contributed by atoms with Crippen molar-refractivity contribution in [3.8, 4) is 5.75 Å². The Morgan fingerprint density at radius 1 is 1.12 bits per heavy atom. The number of ether oxygens (including phenoxy) is 1. The van der Waals surface area contributed by atoms with Gasteiger partial charge in [0, 0.05) is 24.4 Å². The summed E-state index contributed by atoms with van der Waals surface area (Å²) in [7, 11) is 3.42. The van der Waals surface area contributed by atoms with Crippen LogP contribution in [0.15, 0.2) is 53.7 Å². The lowest BCUT2D eigenvalue weighted by Crippen LogP contribution is -2.33. The third-order valence-corrected chi connectivity index (χ3v) is 6.09. The number of amides is 2. The number of thioether (sulfide) groups is 1. The minimum atomic E-state index is -0.324. The predicted molar refractivity (Wildman–Crippen MR) is 130 cm³/mol. The van der Waals surface area contributed by atoms with Crippen LogP contribution in [0.1, 0.15) is 41.6 Å². The second-order valence-electron chi connectivity index (χ2n) is 8.03. The van der Waals surface area contributed by atoms with Crippen molar-refractivity contribution in [2.75, 3.05) is 18.2 Å². The number of nitrogens with zero attached hydrogens (tertiary/aromatic N) is 3. The van der Waals surface area contributed by atoms with Gasteiger partial charge in [-0.3, -0.25) is 9.59 Å². The maximum absolute atomic E-state index is 12.8. The Morgan fingerprint density at radius 3 is 2.58 bits per heavy atom. The second kappa shape index (κ2) is 11.0. The van der Waals surface area contributed by atoms with Crippen molar-refractivity contribution in [1.29, 1.82) is 0 Å². The number of nitrogens with one attached hydrogen (secondary N) is 2. The van der Waals surface area contributed by atoms with Gasteiger partial charge in [0.1, 0.15) is 5.75 Å². The number of methoxy groups -OCH3 is 1. The van der Waals surface area contributed by atoms with E-state index in [-0.39, 0.29) is 29.5 Å². The zero-order valence-electron chi connectivity index (χ0n) is 19.5. The monoisotopic (exact) mass is 467 g/mol. The van der Waals surface area contributed by atoms with E-state index in [0.29, 0.717) is 28.0 Å². The minimum Gasteiger partial charge on any atom is -0.497 e. The smallest absolute Gasteiger partial charge is 0.251 e. The van der Waals surface area contributed by atoms with Crippen molar-refractivity contribution in [1.82, 2.24) is 20.1 Å². The number of anilines is 1. The molecule has 0 unspecified atom stereocenters. The maximum Gasteiger partial charge on any atom is 0.251 e. The molecular weight excluding hydrogens is 438 g/mol. The van der Waals surface area contributed by atoms with Gasteiger partial charge in [0.05, 0.1) is 18.9 Å². The van der Waals surface area contributed by atoms with Gasteiger partial charge in [-0.1, -0.05) is 49.4 Å². The second-order valence-corrected chi connectivity index (χ2v) is 8.98. The molecule has 1 heterocycles. The highest BCUT2D eigenvalue weighted by Crippen LogP contribution is 2.25. The summed E-state index contributed by atoms with van der Waals surface area (Å²) in [6.07, 6.45) is 0. The zero-order chi connectivity index (χ0) is 24.0. The van der Waals surface area contributed by atoms with Crippen LogP contribution in [-0.4, -0.2) is 39.4 Å². The molecule has 174 valence electrons. The van der Waals surface area contributed by atoms with E-state index in [9.17, 15) is 9.59 Å². The van der Waals surface area contributed by atoms with Crippen molar-refractivity contribution in [2.24, 2.45) is 13.0 Å². The Hall–Kier alpha value is -3.33. The quantitative estimate of drug-likeness (QED) is 0.462. The Bertz CT molecular complexity index is 1130. The van der Waals surface area contributed by atoms with Gasteiger partial charge in [-0.2, -0.15) is 0 Å². The molecule has 0 saturated heterocycles. The standard InChI is InChI=1S/C24H29N5O3S/c1-15(2)21(26-23(31)17-9-6-8-16(3)12-17)22-27-28-24(29(22)4)33-14-20(30)25-18-10-7-11-19(13-18)32-5/h6-13,15,21H,14H2,1-5H3,(H,25,30)(H,26,31)/t21-/m1/s1. The number of hydrogen-bond donors (Lipinski definition) is 2. The fourth-order valence-electron chi connectivity index (χ4n) is 3.29. The van der Waals surface area contributed by atoms with Crippen LogP contribution in [0.2, 0.25) is 0 Å². The van der Waals surface area contributed by atoms with Crippen LogP contribution >= 0.6 is 11.8 Å². The van der Waals surface area contributed by atoms with Crippen LogP contribution in [0, 0.1) is 12.8 Å². The third kappa shape index (κ3) is 6.35. The number of carbonyl (C=O) groups is 2. The first kappa shape index (κ1) is 24.3. The van der Waals surface area contributed by atoms with Gasteiger partial charge < -0.3 is 19.9 Å². The van der Waals surface area contributed by atoms with Crippen LogP contribution in [0.25, 0.3) is 0 Å². The van der Waals surface area contributed by atoms with Crippen LogP contribution in [0.3, 0.4) is 0 Å². The molecule has 0 spiro atoms. The van der Waals surface area contributed by atoms with Gasteiger partial charge in [-0.05, 0) is 37.1 Å². The van der Waals surface area contributed by atoms with Crippen molar-refractivity contribution in [3.05, 3.63) is 65.5 Å². The molecule has 0 aliphatic heterocycles. The molecule has 0 aliphatic carbocycles. The summed E-state index contributed by atoms with van der Waals surface area (Å²) in [5, 5.41) is 15.1. The number of benzene rings is 2. The number of aryl methyl sites for hydroxylation is 1. The molecule has 0 radical (unpaired) electrons. The minimum absolute atomic E-state index is 0.0934. The van der Waals surface area contributed by atoms with Crippen LogP contribution in [0.4, 0.5) is 5.69 Å². The Labute approximate surface area is 198 Å². The molecule has 33 heavy (non-hydrogen) atoms. The molecule has 1 atom stereocenters. The first-order valence-electron chi connectivity index (χ1n) is 10.6. The highest BCUT2D eigenvalue weighted by molar-refractivity contribution is 7.99. The topological polar surface area (TPSA) is 98.1 Å². The number of hydrogen-bond acceptors (Lipinski definition) is 6. The normalized spacial score (nSPS) is 11.8. The van der Waals surface area contributed by atoms with Gasteiger partial charge >= 0.3 is 0 Å². The molecule has 8 nitrogen and oxygen atoms in total. The molecule has 3 rings (SSSR count). The molecule has 2 amide bonds. The zero-order valence-corrected chi connectivity index (χ0v) is 20.3. The first-order chi connectivity index (χ1) is 15.8. The van der Waals surface area contributed by atoms with Crippen LogP contribution in [0.5, 0.6) is 5.75 Å². The lowest BCUT2D eigenvalue weighted by atomic mass is 10.0. The molecule has 2 aromatic carbocycles. The van der Waals surface area contributed by atoms with E-state index in [1.165, 1.54) is 11.8 Å². The lowest BCUT2D eigenvalue weighted by Gasteiger charge is -2.21. The van der Waals surface area contributed by atoms with Crippen molar-refractivity contribution < 1.29 is 14.3 Å². The summed E-state index contributed by atoms with van der Waals surface area (Å²) in [6.45, 7) is 5.99. The molecule has 1 aromatic heterocycles.